The zero-order valence-electron chi connectivity index (χ0n) is 18.3. The molecule has 0 saturated carbocycles. The Morgan fingerprint density at radius 1 is 1.16 bits per heavy atom. The van der Waals surface area contributed by atoms with E-state index in [0.717, 1.165) is 18.0 Å². The van der Waals surface area contributed by atoms with Crippen LogP contribution in [0.1, 0.15) is 12.5 Å². The second-order valence-corrected chi connectivity index (χ2v) is 7.18. The lowest BCUT2D eigenvalue weighted by Crippen LogP contribution is -2.05. The van der Waals surface area contributed by atoms with E-state index in [-0.39, 0.29) is 17.1 Å². The van der Waals surface area contributed by atoms with E-state index in [4.69, 9.17) is 9.47 Å². The predicted molar refractivity (Wildman–Crippen MR) is 125 cm³/mol. The average Bonchev–Trinajstić information content (AvgIpc) is 2.78. The summed E-state index contributed by atoms with van der Waals surface area (Å²) < 4.78 is 23.9. The minimum atomic E-state index is -0.615. The van der Waals surface area contributed by atoms with Crippen LogP contribution in [0, 0.1) is 15.9 Å². The van der Waals surface area contributed by atoms with E-state index in [0.29, 0.717) is 30.3 Å². The molecule has 0 aliphatic heterocycles. The summed E-state index contributed by atoms with van der Waals surface area (Å²) in [6, 6.07) is 10.2. The van der Waals surface area contributed by atoms with Gasteiger partial charge in [-0.05, 0) is 49.3 Å². The Bertz CT molecular complexity index is 1030. The normalized spacial score (nSPS) is 10.0. The first-order valence-electron chi connectivity index (χ1n) is 9.64. The molecule has 0 fully saturated rings. The van der Waals surface area contributed by atoms with E-state index in [2.05, 4.69) is 15.3 Å². The molecule has 0 aliphatic carbocycles. The van der Waals surface area contributed by atoms with E-state index in [1.807, 2.05) is 31.6 Å². The maximum absolute atomic E-state index is 13.1. The summed E-state index contributed by atoms with van der Waals surface area (Å²) in [5.74, 6) is 0.661. The van der Waals surface area contributed by atoms with Crippen molar-refractivity contribution in [3.63, 3.8) is 0 Å². The van der Waals surface area contributed by atoms with Crippen molar-refractivity contribution >= 4 is 23.1 Å². The van der Waals surface area contributed by atoms with Gasteiger partial charge in [0.05, 0.1) is 36.6 Å². The summed E-state index contributed by atoms with van der Waals surface area (Å²) in [6.45, 7) is 2.67. The molecule has 3 rings (SSSR count). The van der Waals surface area contributed by atoms with Gasteiger partial charge >= 0.3 is 5.69 Å². The summed E-state index contributed by atoms with van der Waals surface area (Å²) in [6.07, 6.45) is 6.03. The molecule has 3 aromatic rings. The van der Waals surface area contributed by atoms with Crippen LogP contribution >= 0.6 is 11.8 Å². The third kappa shape index (κ3) is 6.55. The Labute approximate surface area is 190 Å². The minimum absolute atomic E-state index is 0.0739. The van der Waals surface area contributed by atoms with Crippen LogP contribution in [0.4, 0.5) is 15.8 Å². The lowest BCUT2D eigenvalue weighted by molar-refractivity contribution is -0.383. The van der Waals surface area contributed by atoms with Crippen LogP contribution in [0.25, 0.3) is 11.4 Å². The van der Waals surface area contributed by atoms with Crippen LogP contribution in [0.15, 0.2) is 48.8 Å². The quantitative estimate of drug-likeness (QED) is 0.362. The highest BCUT2D eigenvalue weighted by molar-refractivity contribution is 7.97. The van der Waals surface area contributed by atoms with Crippen molar-refractivity contribution in [1.29, 1.82) is 0 Å². The molecule has 10 heteroatoms. The number of thioether (sulfide) groups is 1. The number of halogens is 1. The van der Waals surface area contributed by atoms with Crippen molar-refractivity contribution in [2.75, 3.05) is 31.5 Å². The van der Waals surface area contributed by atoms with Gasteiger partial charge in [-0.2, -0.15) is 11.8 Å². The van der Waals surface area contributed by atoms with Crippen molar-refractivity contribution in [2.24, 2.45) is 0 Å². The molecule has 1 heterocycles. The smallest absolute Gasteiger partial charge is 0.303 e. The Balaban J connectivity index is 0.00000114. The van der Waals surface area contributed by atoms with Gasteiger partial charge in [0.2, 0.25) is 0 Å². The van der Waals surface area contributed by atoms with Gasteiger partial charge in [-0.1, -0.05) is 12.1 Å². The molecule has 0 saturated heterocycles. The minimum Gasteiger partial charge on any atom is -0.493 e. The van der Waals surface area contributed by atoms with E-state index >= 15 is 0 Å². The largest absolute Gasteiger partial charge is 0.493 e. The van der Waals surface area contributed by atoms with Crippen LogP contribution in [0.3, 0.4) is 0 Å². The molecule has 1 N–H and O–H groups in total. The van der Waals surface area contributed by atoms with Crippen LogP contribution in [0.5, 0.6) is 11.5 Å². The first-order valence-corrected chi connectivity index (χ1v) is 11.3. The molecular formula is C22H25FN4O4S. The van der Waals surface area contributed by atoms with Gasteiger partial charge in [-0.15, -0.1) is 0 Å². The SMILES string of the molecule is CCOc1cc(CNc2cccc(-c3ncc(F)cn3)c2[N+](=O)[O-])ccc1OC.CSC. The Morgan fingerprint density at radius 2 is 1.84 bits per heavy atom. The number of rotatable bonds is 8. The second-order valence-electron chi connectivity index (χ2n) is 6.36. The molecular weight excluding hydrogens is 435 g/mol. The number of nitro benzene ring substituents is 1. The van der Waals surface area contributed by atoms with Crippen molar-refractivity contribution in [1.82, 2.24) is 9.97 Å². The van der Waals surface area contributed by atoms with Crippen LogP contribution in [-0.2, 0) is 6.54 Å². The summed E-state index contributed by atoms with van der Waals surface area (Å²) >= 11 is 1.75. The van der Waals surface area contributed by atoms with Gasteiger partial charge < -0.3 is 14.8 Å². The van der Waals surface area contributed by atoms with E-state index in [9.17, 15) is 14.5 Å². The highest BCUT2D eigenvalue weighted by atomic mass is 32.2. The number of ether oxygens (including phenoxy) is 2. The number of aromatic nitrogens is 2. The van der Waals surface area contributed by atoms with Gasteiger partial charge in [0.15, 0.2) is 23.1 Å². The Hall–Kier alpha value is -3.40. The van der Waals surface area contributed by atoms with Crippen molar-refractivity contribution in [2.45, 2.75) is 13.5 Å². The average molecular weight is 461 g/mol. The standard InChI is InChI=1S/C20H19FN4O4.C2H6S/c1-3-29-18-9-13(7-8-17(18)28-2)10-22-16-6-4-5-15(19(16)25(26)27)20-23-11-14(21)12-24-20;1-3-2/h4-9,11-12,22H,3,10H2,1-2H3;1-2H3. The van der Waals surface area contributed by atoms with Gasteiger partial charge in [-0.25, -0.2) is 14.4 Å². The summed E-state index contributed by atoms with van der Waals surface area (Å²) in [5, 5.41) is 14.8. The molecule has 0 spiro atoms. The van der Waals surface area contributed by atoms with E-state index < -0.39 is 10.7 Å². The summed E-state index contributed by atoms with van der Waals surface area (Å²) in [7, 11) is 1.56. The monoisotopic (exact) mass is 460 g/mol. The second kappa shape index (κ2) is 12.5. The van der Waals surface area contributed by atoms with Crippen molar-refractivity contribution in [3.8, 4) is 22.9 Å². The number of nitrogens with one attached hydrogen (secondary N) is 1. The van der Waals surface area contributed by atoms with Gasteiger partial charge in [0.25, 0.3) is 0 Å². The molecule has 8 nitrogen and oxygen atoms in total. The summed E-state index contributed by atoms with van der Waals surface area (Å²) in [4.78, 5) is 18.9. The highest BCUT2D eigenvalue weighted by Gasteiger charge is 2.22. The molecule has 170 valence electrons. The van der Waals surface area contributed by atoms with Crippen molar-refractivity contribution < 1.29 is 18.8 Å². The highest BCUT2D eigenvalue weighted by Crippen LogP contribution is 2.35. The fourth-order valence-electron chi connectivity index (χ4n) is 2.81. The number of hydrogen-bond acceptors (Lipinski definition) is 8. The molecule has 0 amide bonds. The molecule has 0 bridgehead atoms. The maximum Gasteiger partial charge on any atom is 0.303 e. The first-order chi connectivity index (χ1) is 15.4. The van der Waals surface area contributed by atoms with E-state index in [1.54, 1.807) is 37.1 Å². The van der Waals surface area contributed by atoms with Gasteiger partial charge in [0.1, 0.15) is 5.69 Å². The number of nitro groups is 1. The number of anilines is 1. The molecule has 0 atom stereocenters. The van der Waals surface area contributed by atoms with Crippen LogP contribution in [0.2, 0.25) is 0 Å². The Morgan fingerprint density at radius 3 is 2.44 bits per heavy atom. The van der Waals surface area contributed by atoms with Crippen LogP contribution in [-0.4, -0.2) is 41.1 Å². The molecule has 0 aliphatic rings. The van der Waals surface area contributed by atoms with Crippen molar-refractivity contribution in [3.05, 3.63) is 70.3 Å². The fourth-order valence-corrected chi connectivity index (χ4v) is 2.81. The van der Waals surface area contributed by atoms with Gasteiger partial charge in [0, 0.05) is 6.54 Å². The third-order valence-electron chi connectivity index (χ3n) is 4.09. The van der Waals surface area contributed by atoms with Crippen LogP contribution < -0.4 is 14.8 Å². The number of hydrogen-bond donors (Lipinski definition) is 1. The maximum atomic E-state index is 13.1. The fraction of sp³-hybridized carbons (Fsp3) is 0.273. The first kappa shape index (κ1) is 24.9. The topological polar surface area (TPSA) is 99.4 Å². The van der Waals surface area contributed by atoms with Gasteiger partial charge in [-0.3, -0.25) is 10.1 Å². The zero-order valence-corrected chi connectivity index (χ0v) is 19.1. The molecule has 0 unspecified atom stereocenters. The van der Waals surface area contributed by atoms with E-state index in [1.165, 1.54) is 6.07 Å². The Kier molecular flexibility index (Phi) is 9.68. The molecule has 0 radical (unpaired) electrons. The zero-order chi connectivity index (χ0) is 23.5. The predicted octanol–water partition coefficient (Wildman–Crippen LogP) is 5.19. The third-order valence-corrected chi connectivity index (χ3v) is 4.09. The molecule has 32 heavy (non-hydrogen) atoms. The number of nitrogens with zero attached hydrogens (tertiary/aromatic N) is 3. The number of benzene rings is 2. The number of methoxy groups -OCH3 is 1. The lowest BCUT2D eigenvalue weighted by atomic mass is 10.1. The molecule has 2 aromatic carbocycles. The summed E-state index contributed by atoms with van der Waals surface area (Å²) in [5.41, 5.74) is 1.17. The lowest BCUT2D eigenvalue weighted by Gasteiger charge is -2.13. The molecule has 1 aromatic heterocycles. The number of para-hydroxylation sites is 1.